The Hall–Kier alpha value is -2.43. The Kier molecular flexibility index (Phi) is 2.87. The Labute approximate surface area is 111 Å². The summed E-state index contributed by atoms with van der Waals surface area (Å²) in [4.78, 5) is 22.6. The Bertz CT molecular complexity index is 626. The topological polar surface area (TPSA) is 72.1 Å². The van der Waals surface area contributed by atoms with Gasteiger partial charge in [0.25, 0.3) is 5.91 Å². The van der Waals surface area contributed by atoms with Crippen molar-refractivity contribution in [3.05, 3.63) is 53.6 Å². The van der Waals surface area contributed by atoms with E-state index >= 15 is 0 Å². The molecule has 0 aliphatic carbocycles. The second-order valence-electron chi connectivity index (χ2n) is 4.53. The molecule has 0 fully saturated rings. The van der Waals surface area contributed by atoms with Gasteiger partial charge in [-0.05, 0) is 23.8 Å². The van der Waals surface area contributed by atoms with Gasteiger partial charge in [-0.2, -0.15) is 0 Å². The molecule has 0 radical (unpaired) electrons. The first-order valence-corrected chi connectivity index (χ1v) is 6.18. The summed E-state index contributed by atoms with van der Waals surface area (Å²) in [7, 11) is 0. The summed E-state index contributed by atoms with van der Waals surface area (Å²) < 4.78 is 0. The summed E-state index contributed by atoms with van der Waals surface area (Å²) in [5.74, 6) is -0.118. The van der Waals surface area contributed by atoms with Crippen molar-refractivity contribution in [2.45, 2.75) is 13.0 Å². The summed E-state index contributed by atoms with van der Waals surface area (Å²) in [5.41, 5.74) is 8.71. The maximum Gasteiger partial charge on any atom is 0.274 e. The molecule has 2 aromatic rings. The third kappa shape index (κ3) is 2.14. The van der Waals surface area contributed by atoms with Crippen molar-refractivity contribution in [3.8, 4) is 0 Å². The maximum absolute atomic E-state index is 12.4. The Morgan fingerprint density at radius 1 is 1.21 bits per heavy atom. The molecule has 1 aliphatic heterocycles. The van der Waals surface area contributed by atoms with Gasteiger partial charge in [-0.25, -0.2) is 4.98 Å². The average Bonchev–Trinajstić information content (AvgIpc) is 2.46. The zero-order valence-corrected chi connectivity index (χ0v) is 10.4. The van der Waals surface area contributed by atoms with Crippen LogP contribution in [0.2, 0.25) is 0 Å². The number of amides is 1. The van der Waals surface area contributed by atoms with E-state index in [-0.39, 0.29) is 5.91 Å². The van der Waals surface area contributed by atoms with E-state index < -0.39 is 0 Å². The van der Waals surface area contributed by atoms with Gasteiger partial charge < -0.3 is 10.6 Å². The van der Waals surface area contributed by atoms with Crippen LogP contribution in [0.25, 0.3) is 0 Å². The van der Waals surface area contributed by atoms with Crippen LogP contribution in [0.3, 0.4) is 0 Å². The Balaban J connectivity index is 1.86. The molecule has 0 unspecified atom stereocenters. The van der Waals surface area contributed by atoms with Crippen LogP contribution in [0, 0.1) is 0 Å². The molecule has 1 amide bonds. The number of aromatic nitrogens is 2. The minimum absolute atomic E-state index is 0.118. The monoisotopic (exact) mass is 254 g/mol. The summed E-state index contributed by atoms with van der Waals surface area (Å²) >= 11 is 0. The van der Waals surface area contributed by atoms with Crippen LogP contribution < -0.4 is 5.73 Å². The van der Waals surface area contributed by atoms with Crippen molar-refractivity contribution < 1.29 is 4.79 Å². The van der Waals surface area contributed by atoms with Crippen LogP contribution >= 0.6 is 0 Å². The van der Waals surface area contributed by atoms with Gasteiger partial charge in [-0.1, -0.05) is 6.07 Å². The fourth-order valence-corrected chi connectivity index (χ4v) is 2.29. The molecule has 2 aromatic heterocycles. The molecule has 0 saturated heterocycles. The Morgan fingerprint density at radius 2 is 2.00 bits per heavy atom. The van der Waals surface area contributed by atoms with E-state index in [1.807, 2.05) is 12.1 Å². The number of carbonyl (C=O) groups is 1. The predicted molar refractivity (Wildman–Crippen MR) is 71.3 cm³/mol. The molecule has 3 rings (SSSR count). The van der Waals surface area contributed by atoms with E-state index in [0.717, 1.165) is 17.7 Å². The second-order valence-corrected chi connectivity index (χ2v) is 4.53. The number of fused-ring (bicyclic) bond motifs is 1. The largest absolute Gasteiger partial charge is 0.397 e. The van der Waals surface area contributed by atoms with Crippen LogP contribution in [-0.4, -0.2) is 27.3 Å². The summed E-state index contributed by atoms with van der Waals surface area (Å²) in [5, 5.41) is 0. The fourth-order valence-electron chi connectivity index (χ4n) is 2.29. The molecule has 0 bridgehead atoms. The van der Waals surface area contributed by atoms with E-state index in [4.69, 9.17) is 5.73 Å². The minimum atomic E-state index is -0.118. The van der Waals surface area contributed by atoms with Gasteiger partial charge in [-0.15, -0.1) is 0 Å². The van der Waals surface area contributed by atoms with Crippen LogP contribution in [0.5, 0.6) is 0 Å². The first-order valence-electron chi connectivity index (χ1n) is 6.18. The average molecular weight is 254 g/mol. The highest BCUT2D eigenvalue weighted by atomic mass is 16.2. The number of rotatable bonds is 1. The molecular formula is C14H14N4O. The van der Waals surface area contributed by atoms with Crippen molar-refractivity contribution in [2.75, 3.05) is 12.3 Å². The van der Waals surface area contributed by atoms with Gasteiger partial charge in [0.2, 0.25) is 0 Å². The van der Waals surface area contributed by atoms with Crippen LogP contribution in [0.15, 0.2) is 36.7 Å². The maximum atomic E-state index is 12.4. The molecule has 0 aromatic carbocycles. The number of carbonyl (C=O) groups excluding carboxylic acids is 1. The zero-order chi connectivity index (χ0) is 13.2. The first-order chi connectivity index (χ1) is 9.25. The summed E-state index contributed by atoms with van der Waals surface area (Å²) in [6, 6.07) is 7.31. The van der Waals surface area contributed by atoms with Gasteiger partial charge >= 0.3 is 0 Å². The van der Waals surface area contributed by atoms with E-state index in [1.54, 1.807) is 29.4 Å². The molecule has 0 spiro atoms. The lowest BCUT2D eigenvalue weighted by atomic mass is 10.1. The highest BCUT2D eigenvalue weighted by molar-refractivity contribution is 5.97. The molecule has 5 nitrogen and oxygen atoms in total. The van der Waals surface area contributed by atoms with Crippen molar-refractivity contribution in [1.29, 1.82) is 0 Å². The number of hydrogen-bond acceptors (Lipinski definition) is 4. The number of nitrogen functional groups attached to an aromatic ring is 1. The highest BCUT2D eigenvalue weighted by Gasteiger charge is 2.24. The van der Waals surface area contributed by atoms with Crippen molar-refractivity contribution >= 4 is 11.6 Å². The Morgan fingerprint density at radius 3 is 2.84 bits per heavy atom. The molecule has 2 N–H and O–H groups in total. The third-order valence-electron chi connectivity index (χ3n) is 3.29. The van der Waals surface area contributed by atoms with Gasteiger partial charge in [0.15, 0.2) is 5.69 Å². The quantitative estimate of drug-likeness (QED) is 0.831. The minimum Gasteiger partial charge on any atom is -0.397 e. The van der Waals surface area contributed by atoms with E-state index in [0.29, 0.717) is 24.5 Å². The van der Waals surface area contributed by atoms with E-state index in [1.165, 1.54) is 0 Å². The lowest BCUT2D eigenvalue weighted by molar-refractivity contribution is 0.0729. The summed E-state index contributed by atoms with van der Waals surface area (Å²) in [6.45, 7) is 1.22. The fraction of sp³-hybridized carbons (Fsp3) is 0.214. The standard InChI is InChI=1S/C14H14N4O/c15-11-4-2-7-17-13(11)14(19)18-8-5-12-10(9-18)3-1-6-16-12/h1-4,6-7H,5,8-9,15H2. The molecule has 3 heterocycles. The molecule has 96 valence electrons. The van der Waals surface area contributed by atoms with Crippen LogP contribution in [0.4, 0.5) is 5.69 Å². The van der Waals surface area contributed by atoms with E-state index in [2.05, 4.69) is 9.97 Å². The SMILES string of the molecule is Nc1cccnc1C(=O)N1CCc2ncccc2C1. The molecule has 5 heteroatoms. The number of pyridine rings is 2. The normalized spacial score (nSPS) is 14.0. The van der Waals surface area contributed by atoms with Crippen molar-refractivity contribution in [1.82, 2.24) is 14.9 Å². The highest BCUT2D eigenvalue weighted by Crippen LogP contribution is 2.19. The summed E-state index contributed by atoms with van der Waals surface area (Å²) in [6.07, 6.45) is 4.14. The van der Waals surface area contributed by atoms with Gasteiger partial charge in [0.1, 0.15) is 0 Å². The lowest BCUT2D eigenvalue weighted by Crippen LogP contribution is -2.37. The molecule has 0 saturated carbocycles. The molecule has 0 atom stereocenters. The number of nitrogens with zero attached hydrogens (tertiary/aromatic N) is 3. The number of hydrogen-bond donors (Lipinski definition) is 1. The van der Waals surface area contributed by atoms with Gasteiger partial charge in [-0.3, -0.25) is 9.78 Å². The first kappa shape index (κ1) is 11.6. The third-order valence-corrected chi connectivity index (χ3v) is 3.29. The van der Waals surface area contributed by atoms with Crippen LogP contribution in [-0.2, 0) is 13.0 Å². The van der Waals surface area contributed by atoms with Crippen molar-refractivity contribution in [2.24, 2.45) is 0 Å². The second kappa shape index (κ2) is 4.68. The van der Waals surface area contributed by atoms with Crippen LogP contribution in [0.1, 0.15) is 21.7 Å². The number of anilines is 1. The predicted octanol–water partition coefficient (Wildman–Crippen LogP) is 1.26. The molecular weight excluding hydrogens is 240 g/mol. The number of nitrogens with two attached hydrogens (primary N) is 1. The van der Waals surface area contributed by atoms with Gasteiger partial charge in [0, 0.05) is 37.6 Å². The smallest absolute Gasteiger partial charge is 0.274 e. The van der Waals surface area contributed by atoms with Gasteiger partial charge in [0.05, 0.1) is 5.69 Å². The van der Waals surface area contributed by atoms with E-state index in [9.17, 15) is 4.79 Å². The molecule has 1 aliphatic rings. The lowest BCUT2D eigenvalue weighted by Gasteiger charge is -2.28. The van der Waals surface area contributed by atoms with Crippen molar-refractivity contribution in [3.63, 3.8) is 0 Å². The zero-order valence-electron chi connectivity index (χ0n) is 10.4. The molecule has 19 heavy (non-hydrogen) atoms.